The van der Waals surface area contributed by atoms with Crippen LogP contribution in [-0.2, 0) is 0 Å². The fourth-order valence-electron chi connectivity index (χ4n) is 2.50. The third-order valence-corrected chi connectivity index (χ3v) is 3.37. The molecule has 0 aromatic carbocycles. The minimum Gasteiger partial charge on any atom is -0.475 e. The Morgan fingerprint density at radius 3 is 2.88 bits per heavy atom. The highest BCUT2D eigenvalue weighted by Crippen LogP contribution is 2.43. The third-order valence-electron chi connectivity index (χ3n) is 3.37. The van der Waals surface area contributed by atoms with Gasteiger partial charge in [-0.3, -0.25) is 0 Å². The summed E-state index contributed by atoms with van der Waals surface area (Å²) in [6.07, 6.45) is 1.88. The molecule has 17 heavy (non-hydrogen) atoms. The van der Waals surface area contributed by atoms with Gasteiger partial charge in [0, 0.05) is 31.4 Å². The predicted octanol–water partition coefficient (Wildman–Crippen LogP) is 0.893. The van der Waals surface area contributed by atoms with Gasteiger partial charge in [-0.05, 0) is 25.7 Å². The van der Waals surface area contributed by atoms with Crippen molar-refractivity contribution in [3.05, 3.63) is 12.3 Å². The van der Waals surface area contributed by atoms with Crippen LogP contribution in [0, 0.1) is 11.8 Å². The van der Waals surface area contributed by atoms with Gasteiger partial charge in [-0.25, -0.2) is 4.98 Å². The molecule has 92 valence electrons. The highest BCUT2D eigenvalue weighted by Gasteiger charge is 2.53. The minimum atomic E-state index is 0.141. The van der Waals surface area contributed by atoms with Crippen LogP contribution in [0.4, 0.5) is 5.95 Å². The van der Waals surface area contributed by atoms with Crippen molar-refractivity contribution in [1.82, 2.24) is 15.3 Å². The van der Waals surface area contributed by atoms with Crippen LogP contribution in [0.1, 0.15) is 13.8 Å². The van der Waals surface area contributed by atoms with Gasteiger partial charge in [-0.15, -0.1) is 0 Å². The summed E-state index contributed by atoms with van der Waals surface area (Å²) in [5.41, 5.74) is 0. The molecule has 1 aromatic rings. The van der Waals surface area contributed by atoms with Crippen LogP contribution in [-0.4, -0.2) is 35.2 Å². The Kier molecular flexibility index (Phi) is 2.63. The molecule has 3 rings (SSSR count). The quantitative estimate of drug-likeness (QED) is 0.810. The Bertz CT molecular complexity index is 399. The van der Waals surface area contributed by atoms with Crippen molar-refractivity contribution in [3.8, 4) is 5.88 Å². The van der Waals surface area contributed by atoms with Crippen LogP contribution in [0.25, 0.3) is 0 Å². The molecule has 2 atom stereocenters. The molecule has 1 aliphatic carbocycles. The first-order chi connectivity index (χ1) is 8.24. The summed E-state index contributed by atoms with van der Waals surface area (Å²) in [6.45, 7) is 6.22. The van der Waals surface area contributed by atoms with E-state index in [1.807, 2.05) is 13.8 Å². The molecule has 2 N–H and O–H groups in total. The summed E-state index contributed by atoms with van der Waals surface area (Å²) in [6, 6.07) is 2.34. The zero-order valence-electron chi connectivity index (χ0n) is 10.2. The summed E-state index contributed by atoms with van der Waals surface area (Å²) < 4.78 is 5.55. The Labute approximate surface area is 101 Å². The molecule has 1 saturated heterocycles. The average Bonchev–Trinajstić information content (AvgIpc) is 2.74. The fraction of sp³-hybridized carbons (Fsp3) is 0.667. The van der Waals surface area contributed by atoms with E-state index in [-0.39, 0.29) is 6.10 Å². The molecule has 0 spiro atoms. The number of hydrogen-bond acceptors (Lipinski definition) is 5. The molecule has 0 bridgehead atoms. The monoisotopic (exact) mass is 234 g/mol. The van der Waals surface area contributed by atoms with E-state index < -0.39 is 0 Å². The Morgan fingerprint density at radius 2 is 2.18 bits per heavy atom. The molecule has 1 aromatic heterocycles. The molecule has 1 saturated carbocycles. The minimum absolute atomic E-state index is 0.141. The molecule has 5 nitrogen and oxygen atoms in total. The normalized spacial score (nSPS) is 30.2. The van der Waals surface area contributed by atoms with E-state index in [2.05, 4.69) is 20.6 Å². The molecule has 2 unspecified atom stereocenters. The summed E-state index contributed by atoms with van der Waals surface area (Å²) in [5.74, 6) is 2.84. The van der Waals surface area contributed by atoms with Crippen molar-refractivity contribution in [1.29, 1.82) is 0 Å². The number of anilines is 1. The Hall–Kier alpha value is -1.36. The van der Waals surface area contributed by atoms with Crippen molar-refractivity contribution in [2.24, 2.45) is 11.8 Å². The van der Waals surface area contributed by atoms with Crippen LogP contribution in [0.15, 0.2) is 12.3 Å². The first-order valence-electron chi connectivity index (χ1n) is 6.21. The Morgan fingerprint density at radius 1 is 1.41 bits per heavy atom. The summed E-state index contributed by atoms with van der Waals surface area (Å²) in [4.78, 5) is 8.59. The van der Waals surface area contributed by atoms with Gasteiger partial charge < -0.3 is 15.4 Å². The maximum atomic E-state index is 5.55. The molecule has 2 aliphatic rings. The van der Waals surface area contributed by atoms with E-state index in [0.29, 0.717) is 17.9 Å². The number of nitrogens with one attached hydrogen (secondary N) is 2. The molecule has 0 amide bonds. The first-order valence-corrected chi connectivity index (χ1v) is 6.21. The van der Waals surface area contributed by atoms with Crippen molar-refractivity contribution in [2.75, 3.05) is 18.4 Å². The summed E-state index contributed by atoms with van der Waals surface area (Å²) >= 11 is 0. The summed E-state index contributed by atoms with van der Waals surface area (Å²) in [5, 5.41) is 6.76. The van der Waals surface area contributed by atoms with Crippen LogP contribution >= 0.6 is 0 Å². The molecule has 2 fully saturated rings. The molecular weight excluding hydrogens is 216 g/mol. The molecule has 2 heterocycles. The number of ether oxygens (including phenoxy) is 1. The second-order valence-corrected chi connectivity index (χ2v) is 5.04. The predicted molar refractivity (Wildman–Crippen MR) is 65.1 cm³/mol. The number of piperidine rings is 1. The van der Waals surface area contributed by atoms with E-state index in [1.165, 1.54) is 0 Å². The van der Waals surface area contributed by atoms with E-state index in [9.17, 15) is 0 Å². The van der Waals surface area contributed by atoms with Crippen LogP contribution in [0.5, 0.6) is 5.88 Å². The fourth-order valence-corrected chi connectivity index (χ4v) is 2.50. The van der Waals surface area contributed by atoms with Gasteiger partial charge in [-0.1, -0.05) is 0 Å². The van der Waals surface area contributed by atoms with Crippen molar-refractivity contribution in [2.45, 2.75) is 26.0 Å². The second-order valence-electron chi connectivity index (χ2n) is 5.04. The number of fused-ring (bicyclic) bond motifs is 1. The van der Waals surface area contributed by atoms with Crippen molar-refractivity contribution < 1.29 is 4.74 Å². The maximum absolute atomic E-state index is 5.55. The first kappa shape index (κ1) is 10.8. The lowest BCUT2D eigenvalue weighted by atomic mass is 10.4. The van der Waals surface area contributed by atoms with Gasteiger partial charge in [-0.2, -0.15) is 4.98 Å². The topological polar surface area (TPSA) is 59.1 Å². The smallest absolute Gasteiger partial charge is 0.226 e. The number of hydrogen-bond donors (Lipinski definition) is 2. The second kappa shape index (κ2) is 4.14. The van der Waals surface area contributed by atoms with Crippen LogP contribution in [0.3, 0.4) is 0 Å². The molecule has 5 heteroatoms. The number of aromatic nitrogens is 2. The highest BCUT2D eigenvalue weighted by atomic mass is 16.5. The largest absolute Gasteiger partial charge is 0.475 e. The molecule has 0 radical (unpaired) electrons. The lowest BCUT2D eigenvalue weighted by Crippen LogP contribution is -2.22. The maximum Gasteiger partial charge on any atom is 0.226 e. The average molecular weight is 234 g/mol. The lowest BCUT2D eigenvalue weighted by molar-refractivity contribution is 0.232. The van der Waals surface area contributed by atoms with Crippen LogP contribution < -0.4 is 15.4 Å². The van der Waals surface area contributed by atoms with Gasteiger partial charge in [0.15, 0.2) is 0 Å². The molecule has 1 aliphatic heterocycles. The van der Waals surface area contributed by atoms with Gasteiger partial charge >= 0.3 is 0 Å². The van der Waals surface area contributed by atoms with E-state index in [4.69, 9.17) is 4.74 Å². The van der Waals surface area contributed by atoms with Crippen LogP contribution in [0.2, 0.25) is 0 Å². The summed E-state index contributed by atoms with van der Waals surface area (Å²) in [7, 11) is 0. The van der Waals surface area contributed by atoms with Crippen molar-refractivity contribution in [3.63, 3.8) is 0 Å². The van der Waals surface area contributed by atoms with E-state index in [1.54, 1.807) is 12.3 Å². The molecular formula is C12H18N4O. The van der Waals surface area contributed by atoms with E-state index >= 15 is 0 Å². The van der Waals surface area contributed by atoms with Gasteiger partial charge in [0.2, 0.25) is 11.8 Å². The standard InChI is InChI=1S/C12H18N4O/c1-7(2)17-10-3-4-14-12(15-10)16-11-8-5-13-6-9(8)11/h3-4,7-9,11,13H,5-6H2,1-2H3,(H,14,15,16). The van der Waals surface area contributed by atoms with Gasteiger partial charge in [0.25, 0.3) is 0 Å². The zero-order chi connectivity index (χ0) is 11.8. The van der Waals surface area contributed by atoms with Gasteiger partial charge in [0.05, 0.1) is 6.10 Å². The lowest BCUT2D eigenvalue weighted by Gasteiger charge is -2.11. The SMILES string of the molecule is CC(C)Oc1ccnc(NC2C3CNCC32)n1. The number of nitrogens with zero attached hydrogens (tertiary/aromatic N) is 2. The van der Waals surface area contributed by atoms with E-state index in [0.717, 1.165) is 24.9 Å². The highest BCUT2D eigenvalue weighted by molar-refractivity contribution is 5.34. The zero-order valence-corrected chi connectivity index (χ0v) is 10.2. The van der Waals surface area contributed by atoms with Gasteiger partial charge in [0.1, 0.15) is 0 Å². The number of rotatable bonds is 4. The third kappa shape index (κ3) is 2.20. The Balaban J connectivity index is 1.63. The van der Waals surface area contributed by atoms with Crippen molar-refractivity contribution >= 4 is 5.95 Å².